The molecule has 1 aromatic rings. The van der Waals surface area contributed by atoms with Gasteiger partial charge in [0.05, 0.1) is 5.69 Å². The molecule has 3 N–H and O–H groups in total. The highest BCUT2D eigenvalue weighted by molar-refractivity contribution is 5.62. The molecule has 1 atom stereocenters. The summed E-state index contributed by atoms with van der Waals surface area (Å²) < 4.78 is 0. The summed E-state index contributed by atoms with van der Waals surface area (Å²) in [5.74, 6) is 1.69. The van der Waals surface area contributed by atoms with Crippen LogP contribution in [0, 0.1) is 5.92 Å². The Labute approximate surface area is 152 Å². The first-order chi connectivity index (χ1) is 12.2. The average Bonchev–Trinajstić information content (AvgIpc) is 2.66. The van der Waals surface area contributed by atoms with Crippen LogP contribution in [-0.2, 0) is 0 Å². The van der Waals surface area contributed by atoms with Gasteiger partial charge in [0.2, 0.25) is 0 Å². The number of hydrazine groups is 1. The van der Waals surface area contributed by atoms with Gasteiger partial charge < -0.3 is 15.6 Å². The molecule has 140 valence electrons. The standard InChI is InChI=1S/C19H34N6/c1-5-16(14-25(4)20-3)18-7-8-19(24-23-18)22-17(6-2)13-15-9-11-21-12-10-15/h7-8,14-15,17,20-21H,5-6,9-13H2,1-4H3,(H,22,24)/b16-14+. The van der Waals surface area contributed by atoms with Crippen LogP contribution in [0.3, 0.4) is 0 Å². The van der Waals surface area contributed by atoms with Crippen molar-refractivity contribution in [1.29, 1.82) is 0 Å². The van der Waals surface area contributed by atoms with E-state index in [-0.39, 0.29) is 0 Å². The summed E-state index contributed by atoms with van der Waals surface area (Å²) in [5, 5.41) is 17.8. The van der Waals surface area contributed by atoms with Crippen LogP contribution < -0.4 is 16.1 Å². The van der Waals surface area contributed by atoms with Gasteiger partial charge in [-0.15, -0.1) is 10.2 Å². The molecule has 0 spiro atoms. The number of rotatable bonds is 9. The zero-order valence-corrected chi connectivity index (χ0v) is 16.2. The molecular formula is C19H34N6. The first kappa shape index (κ1) is 19.7. The summed E-state index contributed by atoms with van der Waals surface area (Å²) in [6.07, 6.45) is 7.87. The highest BCUT2D eigenvalue weighted by atomic mass is 15.5. The van der Waals surface area contributed by atoms with Crippen molar-refractivity contribution >= 4 is 11.4 Å². The van der Waals surface area contributed by atoms with Gasteiger partial charge in [-0.1, -0.05) is 13.8 Å². The topological polar surface area (TPSA) is 65.1 Å². The Hall–Kier alpha value is -1.66. The van der Waals surface area contributed by atoms with E-state index in [1.165, 1.54) is 19.3 Å². The minimum atomic E-state index is 0.472. The molecule has 1 aliphatic rings. The Kier molecular flexibility index (Phi) is 8.15. The molecule has 1 saturated heterocycles. The van der Waals surface area contributed by atoms with E-state index in [9.17, 15) is 0 Å². The lowest BCUT2D eigenvalue weighted by Crippen LogP contribution is -2.31. The lowest BCUT2D eigenvalue weighted by atomic mass is 9.90. The Morgan fingerprint density at radius 3 is 2.64 bits per heavy atom. The molecule has 0 bridgehead atoms. The van der Waals surface area contributed by atoms with Crippen molar-refractivity contribution in [3.63, 3.8) is 0 Å². The number of piperidine rings is 1. The van der Waals surface area contributed by atoms with Crippen molar-refractivity contribution in [2.45, 2.75) is 52.0 Å². The van der Waals surface area contributed by atoms with Crippen LogP contribution in [0.5, 0.6) is 0 Å². The van der Waals surface area contributed by atoms with Gasteiger partial charge in [0.25, 0.3) is 0 Å². The number of nitrogens with one attached hydrogen (secondary N) is 3. The summed E-state index contributed by atoms with van der Waals surface area (Å²) in [6, 6.07) is 4.58. The normalized spacial score (nSPS) is 17.4. The lowest BCUT2D eigenvalue weighted by Gasteiger charge is -2.27. The van der Waals surface area contributed by atoms with Crippen LogP contribution in [-0.4, -0.2) is 48.4 Å². The van der Waals surface area contributed by atoms with Gasteiger partial charge in [-0.25, -0.2) is 5.43 Å². The lowest BCUT2D eigenvalue weighted by molar-refractivity contribution is 0.334. The van der Waals surface area contributed by atoms with E-state index in [1.807, 2.05) is 19.1 Å². The highest BCUT2D eigenvalue weighted by Gasteiger charge is 2.18. The first-order valence-corrected chi connectivity index (χ1v) is 9.58. The Balaban J connectivity index is 1.96. The van der Waals surface area contributed by atoms with E-state index in [4.69, 9.17) is 0 Å². The fraction of sp³-hybridized carbons (Fsp3) is 0.684. The molecule has 0 radical (unpaired) electrons. The molecule has 1 unspecified atom stereocenters. The number of nitrogens with zero attached hydrogens (tertiary/aromatic N) is 3. The molecule has 25 heavy (non-hydrogen) atoms. The minimum absolute atomic E-state index is 0.472. The molecule has 1 aliphatic heterocycles. The molecule has 0 amide bonds. The Morgan fingerprint density at radius 2 is 2.08 bits per heavy atom. The molecule has 6 heteroatoms. The third-order valence-electron chi connectivity index (χ3n) is 5.00. The molecule has 0 aliphatic carbocycles. The monoisotopic (exact) mass is 346 g/mol. The summed E-state index contributed by atoms with van der Waals surface area (Å²) in [7, 11) is 3.88. The van der Waals surface area contributed by atoms with Crippen molar-refractivity contribution in [1.82, 2.24) is 25.9 Å². The van der Waals surface area contributed by atoms with Crippen molar-refractivity contribution in [3.05, 3.63) is 24.0 Å². The predicted molar refractivity (Wildman–Crippen MR) is 105 cm³/mol. The molecular weight excluding hydrogens is 312 g/mol. The van der Waals surface area contributed by atoms with Crippen LogP contribution in [0.2, 0.25) is 0 Å². The number of aromatic nitrogens is 2. The third-order valence-corrected chi connectivity index (χ3v) is 5.00. The van der Waals surface area contributed by atoms with Crippen LogP contribution in [0.4, 0.5) is 5.82 Å². The number of allylic oxidation sites excluding steroid dienone is 1. The second-order valence-corrected chi connectivity index (χ2v) is 6.82. The van der Waals surface area contributed by atoms with Gasteiger partial charge in [0.1, 0.15) is 5.82 Å². The SMILES string of the molecule is CC/C(=C\N(C)NC)c1ccc(NC(CC)CC2CCNCC2)nn1. The second kappa shape index (κ2) is 10.4. The number of hydrogen-bond donors (Lipinski definition) is 3. The van der Waals surface area contributed by atoms with Crippen molar-refractivity contribution in [2.24, 2.45) is 5.92 Å². The van der Waals surface area contributed by atoms with E-state index >= 15 is 0 Å². The van der Waals surface area contributed by atoms with E-state index in [0.717, 1.165) is 48.9 Å². The van der Waals surface area contributed by atoms with E-state index in [1.54, 1.807) is 0 Å². The van der Waals surface area contributed by atoms with Crippen LogP contribution >= 0.6 is 0 Å². The van der Waals surface area contributed by atoms with Gasteiger partial charge >= 0.3 is 0 Å². The molecule has 2 rings (SSSR count). The van der Waals surface area contributed by atoms with Crippen molar-refractivity contribution in [3.8, 4) is 0 Å². The van der Waals surface area contributed by atoms with Gasteiger partial charge in [-0.2, -0.15) is 0 Å². The minimum Gasteiger partial charge on any atom is -0.366 e. The summed E-state index contributed by atoms with van der Waals surface area (Å²) in [6.45, 7) is 6.69. The number of anilines is 1. The highest BCUT2D eigenvalue weighted by Crippen LogP contribution is 2.22. The molecule has 0 saturated carbocycles. The summed E-state index contributed by atoms with van der Waals surface area (Å²) >= 11 is 0. The molecule has 0 aromatic carbocycles. The van der Waals surface area contributed by atoms with Gasteiger partial charge in [0.15, 0.2) is 0 Å². The fourth-order valence-electron chi connectivity index (χ4n) is 3.27. The second-order valence-electron chi connectivity index (χ2n) is 6.82. The predicted octanol–water partition coefficient (Wildman–Crippen LogP) is 2.87. The molecule has 1 fully saturated rings. The Bertz CT molecular complexity index is 521. The van der Waals surface area contributed by atoms with Crippen LogP contribution in [0.15, 0.2) is 18.3 Å². The molecule has 2 heterocycles. The van der Waals surface area contributed by atoms with Gasteiger partial charge in [-0.3, -0.25) is 0 Å². The first-order valence-electron chi connectivity index (χ1n) is 9.58. The summed E-state index contributed by atoms with van der Waals surface area (Å²) in [5.41, 5.74) is 5.17. The maximum Gasteiger partial charge on any atom is 0.148 e. The van der Waals surface area contributed by atoms with Crippen LogP contribution in [0.1, 0.15) is 51.6 Å². The summed E-state index contributed by atoms with van der Waals surface area (Å²) in [4.78, 5) is 0. The zero-order chi connectivity index (χ0) is 18.1. The quantitative estimate of drug-likeness (QED) is 0.598. The fourth-order valence-corrected chi connectivity index (χ4v) is 3.27. The Morgan fingerprint density at radius 1 is 1.32 bits per heavy atom. The third kappa shape index (κ3) is 6.29. The zero-order valence-electron chi connectivity index (χ0n) is 16.2. The number of hydrogen-bond acceptors (Lipinski definition) is 6. The largest absolute Gasteiger partial charge is 0.366 e. The average molecular weight is 347 g/mol. The van der Waals surface area contributed by atoms with E-state index in [0.29, 0.717) is 6.04 Å². The van der Waals surface area contributed by atoms with Gasteiger partial charge in [0, 0.05) is 26.3 Å². The molecule has 1 aromatic heterocycles. The van der Waals surface area contributed by atoms with Crippen LogP contribution in [0.25, 0.3) is 5.57 Å². The van der Waals surface area contributed by atoms with E-state index < -0.39 is 0 Å². The van der Waals surface area contributed by atoms with Crippen molar-refractivity contribution < 1.29 is 0 Å². The maximum absolute atomic E-state index is 4.43. The smallest absolute Gasteiger partial charge is 0.148 e. The molecule has 6 nitrogen and oxygen atoms in total. The van der Waals surface area contributed by atoms with Gasteiger partial charge in [-0.05, 0) is 68.8 Å². The maximum atomic E-state index is 4.43. The van der Waals surface area contributed by atoms with Crippen molar-refractivity contribution in [2.75, 3.05) is 32.5 Å². The van der Waals surface area contributed by atoms with E-state index in [2.05, 4.69) is 58.4 Å².